The largest absolute Gasteiger partial charge is 0.394 e. The molecule has 3 nitrogen and oxygen atoms in total. The standard InChI is InChI=1S/C14H15BrN2O/c15-12-7-13(9-16-8-12)17-14(10-18)6-11-4-2-1-3-5-11/h1-5,7-9,14,17-18H,6,10H2. The van der Waals surface area contributed by atoms with Crippen molar-refractivity contribution in [1.29, 1.82) is 0 Å². The molecule has 2 aromatic rings. The van der Waals surface area contributed by atoms with Crippen LogP contribution in [0.1, 0.15) is 5.56 Å². The molecule has 0 spiro atoms. The van der Waals surface area contributed by atoms with Gasteiger partial charge >= 0.3 is 0 Å². The lowest BCUT2D eigenvalue weighted by Gasteiger charge is -2.17. The summed E-state index contributed by atoms with van der Waals surface area (Å²) in [6.07, 6.45) is 4.26. The van der Waals surface area contributed by atoms with Gasteiger partial charge in [0.25, 0.3) is 0 Å². The number of pyridine rings is 1. The Kier molecular flexibility index (Phi) is 4.73. The first-order chi connectivity index (χ1) is 8.78. The van der Waals surface area contributed by atoms with Gasteiger partial charge in [-0.15, -0.1) is 0 Å². The number of halogens is 1. The number of nitrogens with zero attached hydrogens (tertiary/aromatic N) is 1. The molecule has 18 heavy (non-hydrogen) atoms. The van der Waals surface area contributed by atoms with Gasteiger partial charge in [0.05, 0.1) is 24.5 Å². The van der Waals surface area contributed by atoms with Crippen molar-refractivity contribution in [2.45, 2.75) is 12.5 Å². The summed E-state index contributed by atoms with van der Waals surface area (Å²) >= 11 is 3.38. The highest BCUT2D eigenvalue weighted by atomic mass is 79.9. The van der Waals surface area contributed by atoms with Crippen LogP contribution >= 0.6 is 15.9 Å². The van der Waals surface area contributed by atoms with Gasteiger partial charge in [-0.25, -0.2) is 0 Å². The Labute approximate surface area is 115 Å². The van der Waals surface area contributed by atoms with Gasteiger partial charge < -0.3 is 10.4 Å². The predicted octanol–water partition coefficient (Wildman–Crippen LogP) is 2.86. The summed E-state index contributed by atoms with van der Waals surface area (Å²) in [6, 6.07) is 12.1. The molecule has 0 saturated heterocycles. The first-order valence-corrected chi connectivity index (χ1v) is 6.59. The van der Waals surface area contributed by atoms with Crippen LogP contribution in [0.25, 0.3) is 0 Å². The number of benzene rings is 1. The average molecular weight is 307 g/mol. The van der Waals surface area contributed by atoms with Crippen LogP contribution in [-0.4, -0.2) is 22.7 Å². The van der Waals surface area contributed by atoms with Gasteiger partial charge in [-0.05, 0) is 34.0 Å². The Hall–Kier alpha value is -1.39. The molecule has 4 heteroatoms. The second-order valence-corrected chi connectivity index (χ2v) is 5.02. The zero-order valence-electron chi connectivity index (χ0n) is 9.88. The number of hydrogen-bond acceptors (Lipinski definition) is 3. The van der Waals surface area contributed by atoms with E-state index in [1.165, 1.54) is 5.56 Å². The molecule has 1 heterocycles. The number of rotatable bonds is 5. The molecule has 2 rings (SSSR count). The molecule has 2 N–H and O–H groups in total. The molecule has 0 aliphatic carbocycles. The van der Waals surface area contributed by atoms with E-state index in [0.717, 1.165) is 16.6 Å². The first-order valence-electron chi connectivity index (χ1n) is 5.80. The SMILES string of the molecule is OCC(Cc1ccccc1)Nc1cncc(Br)c1. The average Bonchev–Trinajstić information content (AvgIpc) is 2.39. The van der Waals surface area contributed by atoms with E-state index in [9.17, 15) is 5.11 Å². The number of aliphatic hydroxyl groups excluding tert-OH is 1. The van der Waals surface area contributed by atoms with Crippen LogP contribution in [0.2, 0.25) is 0 Å². The van der Waals surface area contributed by atoms with Crippen molar-refractivity contribution in [2.24, 2.45) is 0 Å². The quantitative estimate of drug-likeness (QED) is 0.893. The second kappa shape index (κ2) is 6.52. The lowest BCUT2D eigenvalue weighted by atomic mass is 10.1. The Bertz CT molecular complexity index is 490. The van der Waals surface area contributed by atoms with Crippen molar-refractivity contribution >= 4 is 21.6 Å². The minimum atomic E-state index is -0.0106. The zero-order valence-corrected chi connectivity index (χ0v) is 11.5. The molecule has 0 aliphatic rings. The highest BCUT2D eigenvalue weighted by Crippen LogP contribution is 2.15. The van der Waals surface area contributed by atoms with E-state index >= 15 is 0 Å². The van der Waals surface area contributed by atoms with Gasteiger partial charge in [-0.2, -0.15) is 0 Å². The van der Waals surface area contributed by atoms with E-state index in [2.05, 4.69) is 38.4 Å². The zero-order chi connectivity index (χ0) is 12.8. The van der Waals surface area contributed by atoms with Gasteiger partial charge in [0.2, 0.25) is 0 Å². The van der Waals surface area contributed by atoms with Gasteiger partial charge in [0, 0.05) is 10.7 Å². The predicted molar refractivity (Wildman–Crippen MR) is 76.6 cm³/mol. The number of aliphatic hydroxyl groups is 1. The fourth-order valence-corrected chi connectivity index (χ4v) is 2.15. The summed E-state index contributed by atoms with van der Waals surface area (Å²) in [4.78, 5) is 4.09. The van der Waals surface area contributed by atoms with Crippen molar-refractivity contribution in [3.8, 4) is 0 Å². The van der Waals surface area contributed by atoms with Crippen molar-refractivity contribution in [1.82, 2.24) is 4.98 Å². The van der Waals surface area contributed by atoms with E-state index in [0.29, 0.717) is 0 Å². The fraction of sp³-hybridized carbons (Fsp3) is 0.214. The molecular weight excluding hydrogens is 292 g/mol. The van der Waals surface area contributed by atoms with Crippen molar-refractivity contribution < 1.29 is 5.11 Å². The Morgan fingerprint density at radius 2 is 2.00 bits per heavy atom. The number of aromatic nitrogens is 1. The third-order valence-corrected chi connectivity index (χ3v) is 3.05. The van der Waals surface area contributed by atoms with Crippen LogP contribution in [0.15, 0.2) is 53.3 Å². The molecule has 0 fully saturated rings. The normalized spacial score (nSPS) is 12.1. The molecule has 0 radical (unpaired) electrons. The van der Waals surface area contributed by atoms with Crippen LogP contribution in [0.4, 0.5) is 5.69 Å². The molecule has 1 unspecified atom stereocenters. The van der Waals surface area contributed by atoms with Crippen LogP contribution < -0.4 is 5.32 Å². The molecule has 94 valence electrons. The van der Waals surface area contributed by atoms with Crippen LogP contribution in [0.5, 0.6) is 0 Å². The van der Waals surface area contributed by atoms with Crippen LogP contribution in [-0.2, 0) is 6.42 Å². The van der Waals surface area contributed by atoms with Crippen molar-refractivity contribution in [3.63, 3.8) is 0 Å². The third kappa shape index (κ3) is 3.82. The number of nitrogens with one attached hydrogen (secondary N) is 1. The lowest BCUT2D eigenvalue weighted by Crippen LogP contribution is -2.26. The highest BCUT2D eigenvalue weighted by molar-refractivity contribution is 9.10. The molecule has 1 aromatic carbocycles. The highest BCUT2D eigenvalue weighted by Gasteiger charge is 2.08. The first kappa shape index (κ1) is 13.1. The summed E-state index contributed by atoms with van der Waals surface area (Å²) in [5.74, 6) is 0. The summed E-state index contributed by atoms with van der Waals surface area (Å²) in [5, 5.41) is 12.7. The lowest BCUT2D eigenvalue weighted by molar-refractivity contribution is 0.273. The van der Waals surface area contributed by atoms with Crippen LogP contribution in [0.3, 0.4) is 0 Å². The summed E-state index contributed by atoms with van der Waals surface area (Å²) in [7, 11) is 0. The Morgan fingerprint density at radius 3 is 2.67 bits per heavy atom. The summed E-state index contributed by atoms with van der Waals surface area (Å²) < 4.78 is 0.920. The van der Waals surface area contributed by atoms with Gasteiger partial charge in [-0.3, -0.25) is 4.98 Å². The van der Waals surface area contributed by atoms with Crippen LogP contribution in [0, 0.1) is 0 Å². The van der Waals surface area contributed by atoms with E-state index in [1.807, 2.05) is 24.3 Å². The maximum Gasteiger partial charge on any atom is 0.0636 e. The van der Waals surface area contributed by atoms with Gasteiger partial charge in [-0.1, -0.05) is 30.3 Å². The monoisotopic (exact) mass is 306 g/mol. The van der Waals surface area contributed by atoms with E-state index in [-0.39, 0.29) is 12.6 Å². The maximum absolute atomic E-state index is 9.42. The molecule has 0 aliphatic heterocycles. The smallest absolute Gasteiger partial charge is 0.0636 e. The molecule has 0 saturated carbocycles. The van der Waals surface area contributed by atoms with Gasteiger partial charge in [0.1, 0.15) is 0 Å². The summed E-state index contributed by atoms with van der Waals surface area (Å²) in [6.45, 7) is 0.0847. The Morgan fingerprint density at radius 1 is 1.22 bits per heavy atom. The summed E-state index contributed by atoms with van der Waals surface area (Å²) in [5.41, 5.74) is 2.10. The minimum Gasteiger partial charge on any atom is -0.394 e. The maximum atomic E-state index is 9.42. The minimum absolute atomic E-state index is 0.0106. The fourth-order valence-electron chi connectivity index (χ4n) is 1.79. The number of anilines is 1. The van der Waals surface area contributed by atoms with E-state index in [1.54, 1.807) is 12.4 Å². The molecule has 0 amide bonds. The van der Waals surface area contributed by atoms with Crippen molar-refractivity contribution in [2.75, 3.05) is 11.9 Å². The third-order valence-electron chi connectivity index (χ3n) is 2.62. The Balaban J connectivity index is 2.01. The molecular formula is C14H15BrN2O. The van der Waals surface area contributed by atoms with E-state index in [4.69, 9.17) is 0 Å². The molecule has 0 bridgehead atoms. The number of hydrogen-bond donors (Lipinski definition) is 2. The van der Waals surface area contributed by atoms with Gasteiger partial charge in [0.15, 0.2) is 0 Å². The van der Waals surface area contributed by atoms with E-state index < -0.39 is 0 Å². The second-order valence-electron chi connectivity index (χ2n) is 4.11. The molecule has 1 aromatic heterocycles. The topological polar surface area (TPSA) is 45.1 Å². The molecule has 1 atom stereocenters. The van der Waals surface area contributed by atoms with Crippen molar-refractivity contribution in [3.05, 3.63) is 58.8 Å².